The van der Waals surface area contributed by atoms with Crippen LogP contribution in [0.5, 0.6) is 5.75 Å². The predicted molar refractivity (Wildman–Crippen MR) is 142 cm³/mol. The van der Waals surface area contributed by atoms with Crippen molar-refractivity contribution in [2.75, 3.05) is 33.3 Å². The van der Waals surface area contributed by atoms with Crippen molar-refractivity contribution < 1.29 is 33.4 Å². The Morgan fingerprint density at radius 1 is 0.923 bits per heavy atom. The van der Waals surface area contributed by atoms with Gasteiger partial charge in [0.05, 0.1) is 19.7 Å². The number of hydrogen-bond donors (Lipinski definition) is 1. The Morgan fingerprint density at radius 3 is 2.33 bits per heavy atom. The lowest BCUT2D eigenvalue weighted by molar-refractivity contribution is -0.148. The van der Waals surface area contributed by atoms with Crippen LogP contribution in [0.4, 0.5) is 4.79 Å². The van der Waals surface area contributed by atoms with Crippen LogP contribution in [0, 0.1) is 0 Å². The molecule has 2 aromatic rings. The molecule has 0 bridgehead atoms. The summed E-state index contributed by atoms with van der Waals surface area (Å²) in [5.74, 6) is -0.904. The molecule has 39 heavy (non-hydrogen) atoms. The summed E-state index contributed by atoms with van der Waals surface area (Å²) in [6.45, 7) is 2.14. The van der Waals surface area contributed by atoms with Crippen LogP contribution in [-0.4, -0.2) is 79.1 Å². The lowest BCUT2D eigenvalue weighted by Gasteiger charge is -2.25. The molecule has 2 saturated heterocycles. The Morgan fingerprint density at radius 2 is 1.64 bits per heavy atom. The van der Waals surface area contributed by atoms with Crippen LogP contribution in [0.15, 0.2) is 54.6 Å². The van der Waals surface area contributed by atoms with E-state index in [9.17, 15) is 19.2 Å². The molecule has 0 saturated carbocycles. The molecule has 2 aliphatic rings. The number of nitrogens with zero attached hydrogens (tertiary/aromatic N) is 2. The van der Waals surface area contributed by atoms with E-state index in [-0.39, 0.29) is 31.6 Å². The van der Waals surface area contributed by atoms with E-state index in [1.54, 1.807) is 34.1 Å². The normalized spacial score (nSPS) is 17.9. The average Bonchev–Trinajstić information content (AvgIpc) is 3.65. The first-order valence-electron chi connectivity index (χ1n) is 13.3. The molecule has 2 aromatic carbocycles. The van der Waals surface area contributed by atoms with E-state index < -0.39 is 24.0 Å². The number of methoxy groups -OCH3 is 1. The Kier molecular flexibility index (Phi) is 9.91. The molecule has 2 aliphatic heterocycles. The summed E-state index contributed by atoms with van der Waals surface area (Å²) in [5, 5.41) is 2.80. The number of hydrogen-bond acceptors (Lipinski definition) is 8. The highest BCUT2D eigenvalue weighted by atomic mass is 16.6. The highest BCUT2D eigenvalue weighted by Crippen LogP contribution is 2.19. The zero-order chi connectivity index (χ0) is 27.6. The first-order valence-corrected chi connectivity index (χ1v) is 13.3. The number of esters is 2. The smallest absolute Gasteiger partial charge is 0.415 e. The summed E-state index contributed by atoms with van der Waals surface area (Å²) in [4.78, 5) is 53.8. The zero-order valence-electron chi connectivity index (χ0n) is 22.2. The van der Waals surface area contributed by atoms with Crippen molar-refractivity contribution in [2.45, 2.75) is 50.8 Å². The largest absolute Gasteiger partial charge is 0.467 e. The van der Waals surface area contributed by atoms with E-state index in [0.29, 0.717) is 31.8 Å². The number of amides is 2. The van der Waals surface area contributed by atoms with Gasteiger partial charge in [-0.2, -0.15) is 0 Å². The van der Waals surface area contributed by atoms with Crippen molar-refractivity contribution in [1.29, 1.82) is 0 Å². The summed E-state index contributed by atoms with van der Waals surface area (Å²) in [5.41, 5.74) is 1.65. The zero-order valence-corrected chi connectivity index (χ0v) is 22.2. The third kappa shape index (κ3) is 8.03. The van der Waals surface area contributed by atoms with Gasteiger partial charge in [0.15, 0.2) is 0 Å². The van der Waals surface area contributed by atoms with Gasteiger partial charge in [0.1, 0.15) is 18.4 Å². The second-order valence-electron chi connectivity index (χ2n) is 9.77. The van der Waals surface area contributed by atoms with Gasteiger partial charge in [-0.05, 0) is 55.5 Å². The molecule has 2 atom stereocenters. The van der Waals surface area contributed by atoms with E-state index in [2.05, 4.69) is 5.32 Å². The minimum absolute atomic E-state index is 0.00851. The molecule has 4 rings (SSSR count). The van der Waals surface area contributed by atoms with Crippen molar-refractivity contribution in [2.24, 2.45) is 0 Å². The third-order valence-corrected chi connectivity index (χ3v) is 6.98. The Bertz CT molecular complexity index is 1130. The molecule has 2 heterocycles. The Balaban J connectivity index is 1.30. The third-order valence-electron chi connectivity index (χ3n) is 6.98. The van der Waals surface area contributed by atoms with E-state index in [4.69, 9.17) is 14.2 Å². The summed E-state index contributed by atoms with van der Waals surface area (Å²) in [6.07, 6.45) is 3.11. The highest BCUT2D eigenvalue weighted by molar-refractivity contribution is 5.88. The molecule has 2 fully saturated rings. The second-order valence-corrected chi connectivity index (χ2v) is 9.77. The summed E-state index contributed by atoms with van der Waals surface area (Å²) in [6, 6.07) is 14.8. The molecule has 208 valence electrons. The van der Waals surface area contributed by atoms with Crippen LogP contribution in [0.25, 0.3) is 0 Å². The summed E-state index contributed by atoms with van der Waals surface area (Å²) >= 11 is 0. The maximum Gasteiger partial charge on any atom is 0.415 e. The van der Waals surface area contributed by atoms with Gasteiger partial charge in [-0.3, -0.25) is 14.5 Å². The summed E-state index contributed by atoms with van der Waals surface area (Å²) in [7, 11) is 1.27. The lowest BCUT2D eigenvalue weighted by atomic mass is 10.0. The van der Waals surface area contributed by atoms with Crippen LogP contribution < -0.4 is 10.1 Å². The number of rotatable bonds is 10. The standard InChI is InChI=1S/C29H35N3O7/c1-37-28(35)24(18-21-11-13-23(14-12-21)39-29(36)31-15-5-6-16-31)30-27(34)25-10-7-17-32(25)19-26(33)38-20-22-8-3-2-4-9-22/h2-4,8-9,11-14,24-25H,5-7,10,15-20H2,1H3,(H,30,34)/t24-,25-/m0/s1. The molecule has 1 N–H and O–H groups in total. The van der Waals surface area contributed by atoms with Gasteiger partial charge in [0.2, 0.25) is 5.91 Å². The van der Waals surface area contributed by atoms with Gasteiger partial charge in [-0.25, -0.2) is 9.59 Å². The van der Waals surface area contributed by atoms with E-state index in [1.807, 2.05) is 30.3 Å². The lowest BCUT2D eigenvalue weighted by Crippen LogP contribution is -2.51. The van der Waals surface area contributed by atoms with E-state index in [1.165, 1.54) is 7.11 Å². The fourth-order valence-electron chi connectivity index (χ4n) is 4.86. The molecule has 0 spiro atoms. The van der Waals surface area contributed by atoms with Gasteiger partial charge in [0.25, 0.3) is 0 Å². The van der Waals surface area contributed by atoms with E-state index >= 15 is 0 Å². The van der Waals surface area contributed by atoms with Crippen LogP contribution >= 0.6 is 0 Å². The molecule has 2 amide bonds. The fourth-order valence-corrected chi connectivity index (χ4v) is 4.86. The first kappa shape index (κ1) is 28.1. The maximum atomic E-state index is 13.2. The molecule has 0 aliphatic carbocycles. The topological polar surface area (TPSA) is 114 Å². The first-order chi connectivity index (χ1) is 18.9. The van der Waals surface area contributed by atoms with Crippen molar-refractivity contribution in [1.82, 2.24) is 15.1 Å². The number of carbonyl (C=O) groups excluding carboxylic acids is 4. The van der Waals surface area contributed by atoms with Gasteiger partial charge in [-0.15, -0.1) is 0 Å². The molecule has 10 heteroatoms. The number of likely N-dealkylation sites (tertiary alicyclic amines) is 2. The van der Waals surface area contributed by atoms with Gasteiger partial charge in [0, 0.05) is 19.5 Å². The molecular formula is C29H35N3O7. The van der Waals surface area contributed by atoms with Gasteiger partial charge in [-0.1, -0.05) is 42.5 Å². The maximum absolute atomic E-state index is 13.2. The molecule has 0 unspecified atom stereocenters. The number of ether oxygens (including phenoxy) is 3. The number of carbonyl (C=O) groups is 4. The fraction of sp³-hybridized carbons (Fsp3) is 0.448. The Hall–Kier alpha value is -3.92. The number of nitrogens with one attached hydrogen (secondary N) is 1. The van der Waals surface area contributed by atoms with Crippen molar-refractivity contribution in [3.8, 4) is 5.75 Å². The minimum Gasteiger partial charge on any atom is -0.467 e. The van der Waals surface area contributed by atoms with Crippen LogP contribution in [0.1, 0.15) is 36.8 Å². The van der Waals surface area contributed by atoms with E-state index in [0.717, 1.165) is 30.4 Å². The van der Waals surface area contributed by atoms with Crippen molar-refractivity contribution >= 4 is 23.9 Å². The highest BCUT2D eigenvalue weighted by Gasteiger charge is 2.34. The molecule has 0 radical (unpaired) electrons. The molecule has 10 nitrogen and oxygen atoms in total. The van der Waals surface area contributed by atoms with Crippen molar-refractivity contribution in [3.63, 3.8) is 0 Å². The quantitative estimate of drug-likeness (QED) is 0.460. The second kappa shape index (κ2) is 13.7. The molecular weight excluding hydrogens is 502 g/mol. The predicted octanol–water partition coefficient (Wildman–Crippen LogP) is 2.69. The van der Waals surface area contributed by atoms with Gasteiger partial charge >= 0.3 is 18.0 Å². The minimum atomic E-state index is -0.909. The van der Waals surface area contributed by atoms with Crippen LogP contribution in [-0.2, 0) is 36.9 Å². The van der Waals surface area contributed by atoms with Crippen LogP contribution in [0.2, 0.25) is 0 Å². The number of benzene rings is 2. The monoisotopic (exact) mass is 537 g/mol. The Labute approximate surface area is 228 Å². The van der Waals surface area contributed by atoms with Gasteiger partial charge < -0.3 is 24.4 Å². The van der Waals surface area contributed by atoms with Crippen molar-refractivity contribution in [3.05, 3.63) is 65.7 Å². The average molecular weight is 538 g/mol. The molecule has 0 aromatic heterocycles. The SMILES string of the molecule is COC(=O)[C@H](Cc1ccc(OC(=O)N2CCCC2)cc1)NC(=O)[C@@H]1CCCN1CC(=O)OCc1ccccc1. The summed E-state index contributed by atoms with van der Waals surface area (Å²) < 4.78 is 15.7. The van der Waals surface area contributed by atoms with Crippen LogP contribution in [0.3, 0.4) is 0 Å².